The predicted molar refractivity (Wildman–Crippen MR) is 95.6 cm³/mol. The van der Waals surface area contributed by atoms with Gasteiger partial charge in [-0.3, -0.25) is 9.69 Å². The number of carbonyl (C=O) groups excluding carboxylic acids is 1. The predicted octanol–water partition coefficient (Wildman–Crippen LogP) is 2.32. The molecule has 5 heteroatoms. The molecule has 2 aliphatic heterocycles. The van der Waals surface area contributed by atoms with E-state index in [2.05, 4.69) is 46.7 Å². The summed E-state index contributed by atoms with van der Waals surface area (Å²) in [5.74, 6) is 0.338. The molecule has 0 aromatic heterocycles. The smallest absolute Gasteiger partial charge is 0.225 e. The standard InChI is InChI=1S/C18H27N3O.ClH/c1-14-4-2-3-9-21(14)13-16-7-5-15(6-8-16)10-20-18(22)17-11-19-12-17;/h5-8,14,17,19H,2-4,9-13H2,1H3,(H,20,22);1H. The lowest BCUT2D eigenvalue weighted by Crippen LogP contribution is -2.50. The number of benzene rings is 1. The van der Waals surface area contributed by atoms with Crippen molar-refractivity contribution in [3.8, 4) is 0 Å². The lowest BCUT2D eigenvalue weighted by atomic mass is 10.0. The molecule has 0 saturated carbocycles. The van der Waals surface area contributed by atoms with Crippen LogP contribution in [0.2, 0.25) is 0 Å². The lowest BCUT2D eigenvalue weighted by molar-refractivity contribution is -0.126. The third-order valence-corrected chi connectivity index (χ3v) is 4.97. The van der Waals surface area contributed by atoms with E-state index in [1.54, 1.807) is 0 Å². The van der Waals surface area contributed by atoms with E-state index < -0.39 is 0 Å². The van der Waals surface area contributed by atoms with Crippen LogP contribution < -0.4 is 10.6 Å². The number of carbonyl (C=O) groups is 1. The fourth-order valence-corrected chi connectivity index (χ4v) is 3.20. The Balaban J connectivity index is 0.00000192. The molecule has 1 aromatic rings. The number of rotatable bonds is 5. The Hall–Kier alpha value is -1.10. The van der Waals surface area contributed by atoms with E-state index in [0.29, 0.717) is 12.6 Å². The van der Waals surface area contributed by atoms with Crippen molar-refractivity contribution in [2.75, 3.05) is 19.6 Å². The molecule has 2 saturated heterocycles. The molecule has 1 atom stereocenters. The maximum atomic E-state index is 11.8. The fourth-order valence-electron chi connectivity index (χ4n) is 3.20. The van der Waals surface area contributed by atoms with Gasteiger partial charge in [0.1, 0.15) is 0 Å². The van der Waals surface area contributed by atoms with Crippen molar-refractivity contribution >= 4 is 18.3 Å². The van der Waals surface area contributed by atoms with Crippen molar-refractivity contribution in [2.24, 2.45) is 5.92 Å². The molecule has 4 nitrogen and oxygen atoms in total. The second kappa shape index (κ2) is 8.67. The van der Waals surface area contributed by atoms with Crippen molar-refractivity contribution in [3.05, 3.63) is 35.4 Å². The normalized spacial score (nSPS) is 22.0. The molecule has 0 radical (unpaired) electrons. The molecule has 2 fully saturated rings. The highest BCUT2D eigenvalue weighted by Crippen LogP contribution is 2.19. The van der Waals surface area contributed by atoms with Gasteiger partial charge >= 0.3 is 0 Å². The first-order chi connectivity index (χ1) is 10.7. The van der Waals surface area contributed by atoms with Crippen molar-refractivity contribution in [1.29, 1.82) is 0 Å². The number of nitrogens with zero attached hydrogens (tertiary/aromatic N) is 1. The monoisotopic (exact) mass is 337 g/mol. The summed E-state index contributed by atoms with van der Waals surface area (Å²) in [4.78, 5) is 14.4. The summed E-state index contributed by atoms with van der Waals surface area (Å²) in [5.41, 5.74) is 2.54. The zero-order valence-electron chi connectivity index (χ0n) is 13.9. The highest BCUT2D eigenvalue weighted by molar-refractivity contribution is 5.85. The van der Waals surface area contributed by atoms with E-state index in [-0.39, 0.29) is 24.2 Å². The van der Waals surface area contributed by atoms with Crippen molar-refractivity contribution < 1.29 is 4.79 Å². The van der Waals surface area contributed by atoms with Gasteiger partial charge in [-0.25, -0.2) is 0 Å². The number of piperidine rings is 1. The van der Waals surface area contributed by atoms with Gasteiger partial charge in [-0.1, -0.05) is 30.7 Å². The molecule has 0 bridgehead atoms. The van der Waals surface area contributed by atoms with Crippen LogP contribution in [0.5, 0.6) is 0 Å². The van der Waals surface area contributed by atoms with E-state index in [9.17, 15) is 4.79 Å². The van der Waals surface area contributed by atoms with Crippen molar-refractivity contribution in [2.45, 2.75) is 45.3 Å². The number of halogens is 1. The first kappa shape index (κ1) is 18.2. The Morgan fingerprint density at radius 2 is 1.91 bits per heavy atom. The number of hydrogen-bond acceptors (Lipinski definition) is 3. The van der Waals surface area contributed by atoms with Gasteiger partial charge in [0.05, 0.1) is 5.92 Å². The third-order valence-electron chi connectivity index (χ3n) is 4.97. The Morgan fingerprint density at radius 3 is 2.52 bits per heavy atom. The summed E-state index contributed by atoms with van der Waals surface area (Å²) in [6, 6.07) is 9.39. The van der Waals surface area contributed by atoms with Crippen LogP contribution in [0.3, 0.4) is 0 Å². The molecule has 128 valence electrons. The summed E-state index contributed by atoms with van der Waals surface area (Å²) in [6.45, 7) is 6.86. The second-order valence-electron chi connectivity index (χ2n) is 6.70. The van der Waals surface area contributed by atoms with Crippen LogP contribution in [0.25, 0.3) is 0 Å². The van der Waals surface area contributed by atoms with Crippen LogP contribution in [0.1, 0.15) is 37.3 Å². The second-order valence-corrected chi connectivity index (χ2v) is 6.70. The maximum absolute atomic E-state index is 11.8. The van der Waals surface area contributed by atoms with Crippen LogP contribution in [0.15, 0.2) is 24.3 Å². The van der Waals surface area contributed by atoms with E-state index in [4.69, 9.17) is 0 Å². The summed E-state index contributed by atoms with van der Waals surface area (Å²) < 4.78 is 0. The first-order valence-electron chi connectivity index (χ1n) is 8.52. The minimum absolute atomic E-state index is 0. The van der Waals surface area contributed by atoms with Crippen LogP contribution in [0.4, 0.5) is 0 Å². The molecule has 0 aliphatic carbocycles. The molecule has 3 rings (SSSR count). The topological polar surface area (TPSA) is 44.4 Å². The summed E-state index contributed by atoms with van der Waals surface area (Å²) in [6.07, 6.45) is 4.01. The summed E-state index contributed by atoms with van der Waals surface area (Å²) in [5, 5.41) is 6.14. The number of hydrogen-bond donors (Lipinski definition) is 2. The third kappa shape index (κ3) is 4.93. The SMILES string of the molecule is CC1CCCCN1Cc1ccc(CNC(=O)C2CNC2)cc1.Cl. The van der Waals surface area contributed by atoms with Gasteiger partial charge in [0, 0.05) is 32.2 Å². The van der Waals surface area contributed by atoms with Gasteiger partial charge in [-0.05, 0) is 37.4 Å². The maximum Gasteiger partial charge on any atom is 0.225 e. The molecular formula is C18H28ClN3O. The summed E-state index contributed by atoms with van der Waals surface area (Å²) >= 11 is 0. The molecule has 2 heterocycles. The average molecular weight is 338 g/mol. The van der Waals surface area contributed by atoms with Crippen LogP contribution in [-0.4, -0.2) is 36.5 Å². The molecule has 1 amide bonds. The fraction of sp³-hybridized carbons (Fsp3) is 0.611. The van der Waals surface area contributed by atoms with E-state index in [1.165, 1.54) is 36.9 Å². The molecular weight excluding hydrogens is 310 g/mol. The molecule has 1 unspecified atom stereocenters. The van der Waals surface area contributed by atoms with E-state index in [1.807, 2.05) is 0 Å². The Morgan fingerprint density at radius 1 is 1.22 bits per heavy atom. The molecule has 0 spiro atoms. The van der Waals surface area contributed by atoms with E-state index in [0.717, 1.165) is 19.6 Å². The van der Waals surface area contributed by atoms with Gasteiger partial charge in [0.2, 0.25) is 5.91 Å². The summed E-state index contributed by atoms with van der Waals surface area (Å²) in [7, 11) is 0. The van der Waals surface area contributed by atoms with Crippen molar-refractivity contribution in [3.63, 3.8) is 0 Å². The van der Waals surface area contributed by atoms with E-state index >= 15 is 0 Å². The molecule has 2 N–H and O–H groups in total. The number of likely N-dealkylation sites (tertiary alicyclic amines) is 1. The minimum Gasteiger partial charge on any atom is -0.352 e. The molecule has 23 heavy (non-hydrogen) atoms. The number of amides is 1. The average Bonchev–Trinajstić information content (AvgIpc) is 2.47. The zero-order valence-corrected chi connectivity index (χ0v) is 14.7. The highest BCUT2D eigenvalue weighted by atomic mass is 35.5. The van der Waals surface area contributed by atoms with Crippen LogP contribution in [-0.2, 0) is 17.9 Å². The van der Waals surface area contributed by atoms with Crippen LogP contribution >= 0.6 is 12.4 Å². The molecule has 1 aromatic carbocycles. The van der Waals surface area contributed by atoms with Gasteiger partial charge in [-0.15, -0.1) is 12.4 Å². The van der Waals surface area contributed by atoms with Gasteiger partial charge in [-0.2, -0.15) is 0 Å². The van der Waals surface area contributed by atoms with Gasteiger partial charge < -0.3 is 10.6 Å². The Labute approximate surface area is 145 Å². The van der Waals surface area contributed by atoms with Crippen LogP contribution in [0, 0.1) is 5.92 Å². The minimum atomic E-state index is 0. The Kier molecular flexibility index (Phi) is 6.88. The van der Waals surface area contributed by atoms with Gasteiger partial charge in [0.15, 0.2) is 0 Å². The zero-order chi connectivity index (χ0) is 15.4. The first-order valence-corrected chi connectivity index (χ1v) is 8.52. The largest absolute Gasteiger partial charge is 0.352 e. The molecule has 2 aliphatic rings. The highest BCUT2D eigenvalue weighted by Gasteiger charge is 2.24. The van der Waals surface area contributed by atoms with Crippen molar-refractivity contribution in [1.82, 2.24) is 15.5 Å². The Bertz CT molecular complexity index is 501. The lowest BCUT2D eigenvalue weighted by Gasteiger charge is -2.33. The quantitative estimate of drug-likeness (QED) is 0.866. The number of nitrogens with one attached hydrogen (secondary N) is 2. The van der Waals surface area contributed by atoms with Gasteiger partial charge in [0.25, 0.3) is 0 Å².